The quantitative estimate of drug-likeness (QED) is 0.130. The van der Waals surface area contributed by atoms with E-state index in [0.29, 0.717) is 23.1 Å². The summed E-state index contributed by atoms with van der Waals surface area (Å²) in [5.74, 6) is -0.860. The van der Waals surface area contributed by atoms with E-state index in [1.807, 2.05) is 55.5 Å². The Hall–Kier alpha value is -6.43. The number of aromatic nitrogens is 2. The van der Waals surface area contributed by atoms with E-state index in [0.717, 1.165) is 33.9 Å². The molecule has 0 saturated carbocycles. The van der Waals surface area contributed by atoms with Crippen LogP contribution in [0, 0.1) is 6.92 Å². The van der Waals surface area contributed by atoms with Crippen molar-refractivity contribution >= 4 is 23.3 Å². The van der Waals surface area contributed by atoms with Gasteiger partial charge in [0.1, 0.15) is 12.3 Å². The minimum atomic E-state index is -4.66. The van der Waals surface area contributed by atoms with Gasteiger partial charge >= 0.3 is 12.1 Å². The average molecular weight is 707 g/mol. The van der Waals surface area contributed by atoms with Crippen molar-refractivity contribution in [2.24, 2.45) is 0 Å². The second-order valence-corrected chi connectivity index (χ2v) is 12.1. The summed E-state index contributed by atoms with van der Waals surface area (Å²) in [6, 6.07) is 33.4. The maximum absolute atomic E-state index is 13.6. The fraction of sp³-hybridized carbons (Fsp3) is 0.150. The Morgan fingerprint density at radius 3 is 2.06 bits per heavy atom. The Bertz CT molecular complexity index is 2160. The van der Waals surface area contributed by atoms with Gasteiger partial charge in [0.2, 0.25) is 11.7 Å². The fourth-order valence-electron chi connectivity index (χ4n) is 5.62. The summed E-state index contributed by atoms with van der Waals surface area (Å²) in [5, 5.41) is 16.4. The first-order valence-electron chi connectivity index (χ1n) is 16.2. The molecule has 12 heteroatoms. The summed E-state index contributed by atoms with van der Waals surface area (Å²) < 4.78 is 51.2. The normalized spacial score (nSPS) is 11.2. The van der Waals surface area contributed by atoms with Gasteiger partial charge in [0.05, 0.1) is 19.1 Å². The Labute approximate surface area is 297 Å². The molecule has 2 N–H and O–H groups in total. The average Bonchev–Trinajstić information content (AvgIpc) is 3.62. The lowest BCUT2D eigenvalue weighted by molar-refractivity contribution is -0.138. The first kappa shape index (κ1) is 35.4. The third-order valence-electron chi connectivity index (χ3n) is 8.34. The number of benzene rings is 5. The zero-order chi connectivity index (χ0) is 36.8. The first-order chi connectivity index (χ1) is 24.9. The van der Waals surface area contributed by atoms with E-state index in [1.165, 1.54) is 24.8 Å². The Morgan fingerprint density at radius 2 is 1.44 bits per heavy atom. The van der Waals surface area contributed by atoms with Gasteiger partial charge in [-0.1, -0.05) is 77.5 Å². The number of ether oxygens (including phenoxy) is 1. The summed E-state index contributed by atoms with van der Waals surface area (Å²) >= 11 is 0. The molecule has 1 heterocycles. The summed E-state index contributed by atoms with van der Waals surface area (Å²) in [4.78, 5) is 30.6. The molecule has 6 rings (SSSR count). The van der Waals surface area contributed by atoms with Gasteiger partial charge in [-0.3, -0.25) is 9.59 Å². The van der Waals surface area contributed by atoms with Gasteiger partial charge in [-0.15, -0.1) is 0 Å². The first-order valence-corrected chi connectivity index (χ1v) is 16.2. The lowest BCUT2D eigenvalue weighted by Gasteiger charge is -2.23. The number of aryl methyl sites for hydroxylation is 1. The van der Waals surface area contributed by atoms with Gasteiger partial charge in [0, 0.05) is 29.0 Å². The van der Waals surface area contributed by atoms with E-state index in [9.17, 15) is 27.9 Å². The number of carbonyl (C=O) groups is 2. The molecule has 0 unspecified atom stereocenters. The summed E-state index contributed by atoms with van der Waals surface area (Å²) in [7, 11) is 1.26. The predicted octanol–water partition coefficient (Wildman–Crippen LogP) is 8.68. The topological polar surface area (TPSA) is 118 Å². The van der Waals surface area contributed by atoms with Gasteiger partial charge in [-0.05, 0) is 77.7 Å². The van der Waals surface area contributed by atoms with Crippen LogP contribution in [0.5, 0.6) is 5.75 Å². The number of rotatable bonds is 12. The summed E-state index contributed by atoms with van der Waals surface area (Å²) in [6.07, 6.45) is -5.17. The van der Waals surface area contributed by atoms with Crippen LogP contribution in [0.25, 0.3) is 34.0 Å². The van der Waals surface area contributed by atoms with Crippen LogP contribution >= 0.6 is 0 Å². The van der Waals surface area contributed by atoms with Crippen molar-refractivity contribution in [3.05, 3.63) is 138 Å². The van der Waals surface area contributed by atoms with Gasteiger partial charge < -0.3 is 24.6 Å². The maximum Gasteiger partial charge on any atom is 0.416 e. The third-order valence-corrected chi connectivity index (χ3v) is 8.34. The molecule has 1 amide bonds. The van der Waals surface area contributed by atoms with Crippen LogP contribution in [0.3, 0.4) is 0 Å². The number of amides is 1. The number of nitrogens with one attached hydrogen (secondary N) is 1. The van der Waals surface area contributed by atoms with Crippen molar-refractivity contribution in [1.29, 1.82) is 0 Å². The Morgan fingerprint density at radius 1 is 0.827 bits per heavy atom. The molecule has 0 spiro atoms. The van der Waals surface area contributed by atoms with Gasteiger partial charge in [-0.25, -0.2) is 0 Å². The lowest BCUT2D eigenvalue weighted by Crippen LogP contribution is -2.29. The standard InChI is InChI=1S/C40H33F3N4O5/c1-25-3-7-27(8-4-25)28-11-13-30(14-12-28)39-45-38(46-52-39)29-9-5-26(6-10-29)23-47(24-37(49)50)33-18-16-32(17-19-33)44-36(48)21-31-15-20-34(51-2)22-35(31)40(41,42)43/h3-20,22H,21,23-24H2,1-2H3,(H,44,48)(H,49,50). The number of anilines is 2. The van der Waals surface area contributed by atoms with Crippen LogP contribution in [0.2, 0.25) is 0 Å². The molecule has 0 atom stereocenters. The zero-order valence-corrected chi connectivity index (χ0v) is 28.1. The van der Waals surface area contributed by atoms with Gasteiger partial charge in [-0.2, -0.15) is 18.2 Å². The highest BCUT2D eigenvalue weighted by atomic mass is 19.4. The predicted molar refractivity (Wildman–Crippen MR) is 191 cm³/mol. The SMILES string of the molecule is COc1ccc(CC(=O)Nc2ccc(N(CC(=O)O)Cc3ccc(-c4noc(-c5ccc(-c6ccc(C)cc6)cc5)n4)cc3)cc2)c(C(F)(F)F)c1. The molecule has 1 aromatic heterocycles. The molecule has 264 valence electrons. The molecule has 0 bridgehead atoms. The molecule has 0 radical (unpaired) electrons. The van der Waals surface area contributed by atoms with Crippen molar-refractivity contribution in [3.8, 4) is 39.7 Å². The van der Waals surface area contributed by atoms with Gasteiger partial charge in [0.15, 0.2) is 0 Å². The van der Waals surface area contributed by atoms with Crippen molar-refractivity contribution in [3.63, 3.8) is 0 Å². The van der Waals surface area contributed by atoms with E-state index >= 15 is 0 Å². The zero-order valence-electron chi connectivity index (χ0n) is 28.1. The number of methoxy groups -OCH3 is 1. The molecular formula is C40H33F3N4O5. The summed E-state index contributed by atoms with van der Waals surface area (Å²) in [6.45, 7) is 2.00. The number of hydrogen-bond donors (Lipinski definition) is 2. The van der Waals surface area contributed by atoms with E-state index in [1.54, 1.807) is 29.2 Å². The highest BCUT2D eigenvalue weighted by molar-refractivity contribution is 5.92. The van der Waals surface area contributed by atoms with Crippen LogP contribution < -0.4 is 15.0 Å². The maximum atomic E-state index is 13.6. The van der Waals surface area contributed by atoms with Crippen LogP contribution in [-0.2, 0) is 28.7 Å². The van der Waals surface area contributed by atoms with E-state index in [4.69, 9.17) is 9.26 Å². The molecule has 0 aliphatic carbocycles. The van der Waals surface area contributed by atoms with Crippen LogP contribution in [0.1, 0.15) is 22.3 Å². The van der Waals surface area contributed by atoms with Crippen molar-refractivity contribution in [2.45, 2.75) is 26.1 Å². The number of hydrogen-bond acceptors (Lipinski definition) is 7. The Balaban J connectivity index is 1.09. The smallest absolute Gasteiger partial charge is 0.416 e. The number of alkyl halides is 3. The number of carboxylic acids is 1. The largest absolute Gasteiger partial charge is 0.497 e. The number of halogens is 3. The lowest BCUT2D eigenvalue weighted by atomic mass is 10.0. The van der Waals surface area contributed by atoms with Crippen molar-refractivity contribution < 1.29 is 37.1 Å². The third kappa shape index (κ3) is 8.64. The van der Waals surface area contributed by atoms with Crippen LogP contribution in [-0.4, -0.2) is 40.8 Å². The van der Waals surface area contributed by atoms with Crippen molar-refractivity contribution in [2.75, 3.05) is 23.9 Å². The van der Waals surface area contributed by atoms with Crippen molar-refractivity contribution in [1.82, 2.24) is 10.1 Å². The minimum absolute atomic E-state index is 0.0338. The molecule has 52 heavy (non-hydrogen) atoms. The number of carbonyl (C=O) groups excluding carboxylic acids is 1. The van der Waals surface area contributed by atoms with E-state index in [-0.39, 0.29) is 24.4 Å². The van der Waals surface area contributed by atoms with Crippen LogP contribution in [0.4, 0.5) is 24.5 Å². The number of nitrogens with zero attached hydrogens (tertiary/aromatic N) is 3. The summed E-state index contributed by atoms with van der Waals surface area (Å²) in [5.41, 5.74) is 5.48. The molecule has 0 fully saturated rings. The monoisotopic (exact) mass is 706 g/mol. The fourth-order valence-corrected chi connectivity index (χ4v) is 5.62. The Kier molecular flexibility index (Phi) is 10.4. The van der Waals surface area contributed by atoms with Gasteiger partial charge in [0.25, 0.3) is 5.89 Å². The van der Waals surface area contributed by atoms with E-state index in [2.05, 4.69) is 39.7 Å². The highest BCUT2D eigenvalue weighted by Gasteiger charge is 2.34. The number of aliphatic carboxylic acids is 1. The molecular weight excluding hydrogens is 673 g/mol. The second-order valence-electron chi connectivity index (χ2n) is 12.1. The number of carboxylic acid groups (broad SMARTS) is 1. The molecule has 9 nitrogen and oxygen atoms in total. The minimum Gasteiger partial charge on any atom is -0.497 e. The molecule has 0 aliphatic heterocycles. The second kappa shape index (κ2) is 15.2. The molecule has 0 aliphatic rings. The molecule has 0 saturated heterocycles. The molecule has 5 aromatic carbocycles. The van der Waals surface area contributed by atoms with Crippen LogP contribution in [0.15, 0.2) is 120 Å². The van der Waals surface area contributed by atoms with E-state index < -0.39 is 30.0 Å². The highest BCUT2D eigenvalue weighted by Crippen LogP contribution is 2.35. The molecule has 6 aromatic rings.